The number of hydrogen-bond donors (Lipinski definition) is 1. The van der Waals surface area contributed by atoms with Crippen LogP contribution in [0.4, 0.5) is 0 Å². The van der Waals surface area contributed by atoms with Gasteiger partial charge in [-0.3, -0.25) is 4.79 Å². The fourth-order valence-corrected chi connectivity index (χ4v) is 1.50. The number of carbonyl (C=O) groups is 1. The molecular weight excluding hydrogens is 246 g/mol. The smallest absolute Gasteiger partial charge is 0.325 e. The second-order valence-corrected chi connectivity index (χ2v) is 4.28. The average molecular weight is 269 g/mol. The van der Waals surface area contributed by atoms with Crippen molar-refractivity contribution in [1.82, 2.24) is 14.9 Å². The topological polar surface area (TPSA) is 65.4 Å². The molecule has 0 aliphatic heterocycles. The number of carbonyl (C=O) groups excluding carboxylic acids is 1. The fourth-order valence-electron chi connectivity index (χ4n) is 1.50. The summed E-state index contributed by atoms with van der Waals surface area (Å²) < 4.78 is 11.8. The Bertz CT molecular complexity index is 366. The average Bonchev–Trinajstić information content (AvgIpc) is 2.82. The predicted octanol–water partition coefficient (Wildman–Crippen LogP) is 0.962. The molecule has 0 saturated carbocycles. The van der Waals surface area contributed by atoms with Crippen LogP contribution < -0.4 is 5.32 Å². The van der Waals surface area contributed by atoms with Crippen molar-refractivity contribution < 1.29 is 14.3 Å². The second-order valence-electron chi connectivity index (χ2n) is 4.28. The number of hydrogen-bond acceptors (Lipinski definition) is 5. The number of nitrogens with one attached hydrogen (secondary N) is 1. The van der Waals surface area contributed by atoms with Gasteiger partial charge in [0.2, 0.25) is 0 Å². The highest BCUT2D eigenvalue weighted by Crippen LogP contribution is 1.97. The van der Waals surface area contributed by atoms with Crippen molar-refractivity contribution in [2.24, 2.45) is 0 Å². The van der Waals surface area contributed by atoms with Crippen molar-refractivity contribution in [3.05, 3.63) is 18.2 Å². The molecule has 0 fully saturated rings. The molecule has 1 aromatic heterocycles. The fraction of sp³-hybridized carbons (Fsp3) is 0.692. The van der Waals surface area contributed by atoms with Crippen LogP contribution in [0.3, 0.4) is 0 Å². The Balaban J connectivity index is 2.24. The molecule has 0 bridgehead atoms. The lowest BCUT2D eigenvalue weighted by atomic mass is 10.4. The van der Waals surface area contributed by atoms with Gasteiger partial charge in [-0.2, -0.15) is 0 Å². The highest BCUT2D eigenvalue weighted by atomic mass is 16.5. The summed E-state index contributed by atoms with van der Waals surface area (Å²) in [7, 11) is 1.67. The maximum atomic E-state index is 11.5. The number of methoxy groups -OCH3 is 1. The molecule has 1 aromatic rings. The summed E-state index contributed by atoms with van der Waals surface area (Å²) in [6, 6.07) is 0. The van der Waals surface area contributed by atoms with Gasteiger partial charge in [0.15, 0.2) is 0 Å². The first-order valence-electron chi connectivity index (χ1n) is 6.62. The van der Waals surface area contributed by atoms with Crippen LogP contribution in [0, 0.1) is 0 Å². The molecule has 0 unspecified atom stereocenters. The molecular formula is C13H23N3O3. The van der Waals surface area contributed by atoms with E-state index < -0.39 is 0 Å². The van der Waals surface area contributed by atoms with Gasteiger partial charge in [-0.15, -0.1) is 0 Å². The van der Waals surface area contributed by atoms with Gasteiger partial charge in [-0.25, -0.2) is 4.98 Å². The first-order chi connectivity index (χ1) is 9.26. The van der Waals surface area contributed by atoms with Gasteiger partial charge in [0.25, 0.3) is 0 Å². The van der Waals surface area contributed by atoms with Crippen LogP contribution in [0.2, 0.25) is 0 Å². The lowest BCUT2D eigenvalue weighted by Crippen LogP contribution is -2.18. The molecule has 0 radical (unpaired) electrons. The molecule has 0 aliphatic carbocycles. The van der Waals surface area contributed by atoms with E-state index in [0.717, 1.165) is 25.1 Å². The molecule has 19 heavy (non-hydrogen) atoms. The zero-order valence-electron chi connectivity index (χ0n) is 11.7. The van der Waals surface area contributed by atoms with Crippen LogP contribution in [-0.2, 0) is 27.4 Å². The zero-order valence-corrected chi connectivity index (χ0v) is 11.7. The van der Waals surface area contributed by atoms with E-state index in [1.807, 2.05) is 6.20 Å². The Kier molecular flexibility index (Phi) is 7.84. The van der Waals surface area contributed by atoms with E-state index >= 15 is 0 Å². The lowest BCUT2D eigenvalue weighted by molar-refractivity contribution is -0.144. The summed E-state index contributed by atoms with van der Waals surface area (Å²) in [5.74, 6) is -0.218. The summed E-state index contributed by atoms with van der Waals surface area (Å²) in [5.41, 5.74) is 0.900. The van der Waals surface area contributed by atoms with Crippen LogP contribution in [-0.4, -0.2) is 42.4 Å². The monoisotopic (exact) mass is 269 g/mol. The highest BCUT2D eigenvalue weighted by molar-refractivity contribution is 5.69. The SMILES string of the molecule is CCCCOC(=O)Cn1cnc(CNCCOC)c1. The molecule has 0 saturated heterocycles. The number of unbranched alkanes of at least 4 members (excludes halogenated alkanes) is 1. The molecule has 6 heteroatoms. The lowest BCUT2D eigenvalue weighted by Gasteiger charge is -2.04. The highest BCUT2D eigenvalue weighted by Gasteiger charge is 2.05. The minimum Gasteiger partial charge on any atom is -0.464 e. The van der Waals surface area contributed by atoms with Crippen molar-refractivity contribution in [1.29, 1.82) is 0 Å². The first kappa shape index (κ1) is 15.7. The van der Waals surface area contributed by atoms with E-state index in [1.165, 1.54) is 0 Å². The van der Waals surface area contributed by atoms with E-state index in [9.17, 15) is 4.79 Å². The third-order valence-corrected chi connectivity index (χ3v) is 2.55. The Morgan fingerprint density at radius 3 is 3.05 bits per heavy atom. The van der Waals surface area contributed by atoms with Gasteiger partial charge in [0.1, 0.15) is 6.54 Å². The first-order valence-corrected chi connectivity index (χ1v) is 6.62. The van der Waals surface area contributed by atoms with E-state index in [1.54, 1.807) is 18.0 Å². The zero-order chi connectivity index (χ0) is 13.9. The Morgan fingerprint density at radius 1 is 1.47 bits per heavy atom. The summed E-state index contributed by atoms with van der Waals surface area (Å²) in [4.78, 5) is 15.7. The maximum Gasteiger partial charge on any atom is 0.325 e. The molecule has 1 rings (SSSR count). The van der Waals surface area contributed by atoms with Crippen LogP contribution in [0.5, 0.6) is 0 Å². The van der Waals surface area contributed by atoms with Gasteiger partial charge >= 0.3 is 5.97 Å². The molecule has 6 nitrogen and oxygen atoms in total. The standard InChI is InChI=1S/C13H23N3O3/c1-3-4-6-19-13(17)10-16-9-12(15-11-16)8-14-5-7-18-2/h9,11,14H,3-8,10H2,1-2H3. The van der Waals surface area contributed by atoms with Crippen LogP contribution >= 0.6 is 0 Å². The molecule has 1 heterocycles. The largest absolute Gasteiger partial charge is 0.464 e. The summed E-state index contributed by atoms with van der Waals surface area (Å²) >= 11 is 0. The van der Waals surface area contributed by atoms with E-state index in [2.05, 4.69) is 17.2 Å². The maximum absolute atomic E-state index is 11.5. The predicted molar refractivity (Wildman–Crippen MR) is 71.7 cm³/mol. The van der Waals surface area contributed by atoms with Crippen molar-refractivity contribution >= 4 is 5.97 Å². The van der Waals surface area contributed by atoms with Crippen molar-refractivity contribution in [2.45, 2.75) is 32.9 Å². The second kappa shape index (κ2) is 9.52. The van der Waals surface area contributed by atoms with Crippen molar-refractivity contribution in [2.75, 3.05) is 26.9 Å². The van der Waals surface area contributed by atoms with Gasteiger partial charge in [-0.05, 0) is 6.42 Å². The Morgan fingerprint density at radius 2 is 2.32 bits per heavy atom. The Labute approximate surface area is 114 Å². The quantitative estimate of drug-likeness (QED) is 0.506. The van der Waals surface area contributed by atoms with Gasteiger partial charge < -0.3 is 19.4 Å². The molecule has 0 amide bonds. The minimum absolute atomic E-state index is 0.217. The van der Waals surface area contributed by atoms with Crippen molar-refractivity contribution in [3.63, 3.8) is 0 Å². The van der Waals surface area contributed by atoms with Gasteiger partial charge in [-0.1, -0.05) is 13.3 Å². The number of nitrogens with zero attached hydrogens (tertiary/aromatic N) is 2. The number of rotatable bonds is 10. The van der Waals surface area contributed by atoms with Gasteiger partial charge in [0, 0.05) is 26.4 Å². The van der Waals surface area contributed by atoms with E-state index in [4.69, 9.17) is 9.47 Å². The molecule has 0 spiro atoms. The van der Waals surface area contributed by atoms with E-state index in [-0.39, 0.29) is 12.5 Å². The van der Waals surface area contributed by atoms with E-state index in [0.29, 0.717) is 19.8 Å². The minimum atomic E-state index is -0.218. The molecule has 0 aromatic carbocycles. The Hall–Kier alpha value is -1.40. The van der Waals surface area contributed by atoms with Crippen LogP contribution in [0.15, 0.2) is 12.5 Å². The van der Waals surface area contributed by atoms with Gasteiger partial charge in [0.05, 0.1) is 25.2 Å². The summed E-state index contributed by atoms with van der Waals surface area (Å²) in [6.07, 6.45) is 5.43. The summed E-state index contributed by atoms with van der Waals surface area (Å²) in [5, 5.41) is 3.19. The molecule has 1 N–H and O–H groups in total. The molecule has 0 aliphatic rings. The van der Waals surface area contributed by atoms with Crippen molar-refractivity contribution in [3.8, 4) is 0 Å². The van der Waals surface area contributed by atoms with Crippen LogP contribution in [0.25, 0.3) is 0 Å². The normalized spacial score (nSPS) is 10.6. The number of aromatic nitrogens is 2. The molecule has 0 atom stereocenters. The molecule has 108 valence electrons. The third kappa shape index (κ3) is 6.93. The third-order valence-electron chi connectivity index (χ3n) is 2.55. The van der Waals surface area contributed by atoms with Crippen LogP contribution in [0.1, 0.15) is 25.5 Å². The number of ether oxygens (including phenoxy) is 2. The number of esters is 1. The summed E-state index contributed by atoms with van der Waals surface area (Å²) in [6.45, 7) is 4.89. The number of imidazole rings is 1.